The highest BCUT2D eigenvalue weighted by Crippen LogP contribution is 2.27. The largest absolute Gasteiger partial charge is 0.478 e. The van der Waals surface area contributed by atoms with Gasteiger partial charge in [0.1, 0.15) is 0 Å². The molecule has 160 valence electrons. The van der Waals surface area contributed by atoms with Gasteiger partial charge in [0.2, 0.25) is 0 Å². The molecule has 4 aromatic rings. The number of nitrogens with zero attached hydrogens (tertiary/aromatic N) is 3. The van der Waals surface area contributed by atoms with E-state index in [-0.39, 0.29) is 10.6 Å². The molecule has 5 nitrogen and oxygen atoms in total. The second-order valence-corrected chi connectivity index (χ2v) is 7.77. The van der Waals surface area contributed by atoms with E-state index < -0.39 is 5.97 Å². The summed E-state index contributed by atoms with van der Waals surface area (Å²) in [6.45, 7) is 4.00. The average Bonchev–Trinajstić information content (AvgIpc) is 3.08. The molecule has 0 fully saturated rings. The molecular weight excluding hydrogens is 422 g/mol. The summed E-state index contributed by atoms with van der Waals surface area (Å²) in [5, 5.41) is 16.1. The number of hydrogen-bond acceptors (Lipinski definition) is 3. The van der Waals surface area contributed by atoms with Crippen molar-refractivity contribution >= 4 is 35.2 Å². The molecule has 4 rings (SSSR count). The van der Waals surface area contributed by atoms with E-state index in [0.29, 0.717) is 0 Å². The minimum absolute atomic E-state index is 0.0843. The molecule has 1 N–H and O–H groups in total. The molecule has 32 heavy (non-hydrogen) atoms. The number of carboxylic acids is 1. The van der Waals surface area contributed by atoms with Crippen LogP contribution in [0.15, 0.2) is 90.0 Å². The van der Waals surface area contributed by atoms with Gasteiger partial charge in [0.05, 0.1) is 28.2 Å². The standard InChI is InChI=1S/C26H22ClN3O2/c1-18-15-20(19(2)29(18)23-13-14-24(26(31)32)25(27)16-23)17-28-30(21-9-5-3-6-10-21)22-11-7-4-8-12-22/h3-17H,1-2H3,(H,31,32)/b28-17-. The Bertz CT molecular complexity index is 1240. The van der Waals surface area contributed by atoms with Crippen LogP contribution >= 0.6 is 11.6 Å². The van der Waals surface area contributed by atoms with E-state index in [4.69, 9.17) is 16.7 Å². The van der Waals surface area contributed by atoms with Crippen LogP contribution in [0.25, 0.3) is 5.69 Å². The first-order valence-electron chi connectivity index (χ1n) is 10.1. The smallest absolute Gasteiger partial charge is 0.337 e. The second kappa shape index (κ2) is 9.12. The van der Waals surface area contributed by atoms with Crippen molar-refractivity contribution in [3.63, 3.8) is 0 Å². The molecular formula is C26H22ClN3O2. The van der Waals surface area contributed by atoms with Gasteiger partial charge in [-0.15, -0.1) is 0 Å². The number of hydrazone groups is 1. The first-order valence-corrected chi connectivity index (χ1v) is 10.5. The Kier molecular flexibility index (Phi) is 6.10. The monoisotopic (exact) mass is 443 g/mol. The van der Waals surface area contributed by atoms with Gasteiger partial charge in [-0.3, -0.25) is 0 Å². The number of carboxylic acid groups (broad SMARTS) is 1. The highest BCUT2D eigenvalue weighted by molar-refractivity contribution is 6.33. The average molecular weight is 444 g/mol. The maximum atomic E-state index is 11.3. The van der Waals surface area contributed by atoms with Gasteiger partial charge in [-0.1, -0.05) is 48.0 Å². The van der Waals surface area contributed by atoms with Gasteiger partial charge in [-0.05, 0) is 62.4 Å². The Hall–Kier alpha value is -3.83. The van der Waals surface area contributed by atoms with Gasteiger partial charge in [0, 0.05) is 22.6 Å². The third-order valence-electron chi connectivity index (χ3n) is 5.23. The van der Waals surface area contributed by atoms with Gasteiger partial charge in [-0.2, -0.15) is 5.10 Å². The van der Waals surface area contributed by atoms with Crippen molar-refractivity contribution in [2.45, 2.75) is 13.8 Å². The van der Waals surface area contributed by atoms with Crippen molar-refractivity contribution in [1.29, 1.82) is 0 Å². The van der Waals surface area contributed by atoms with Crippen molar-refractivity contribution in [3.8, 4) is 5.69 Å². The summed E-state index contributed by atoms with van der Waals surface area (Å²) >= 11 is 6.20. The zero-order chi connectivity index (χ0) is 22.7. The molecule has 0 saturated carbocycles. The van der Waals surface area contributed by atoms with Crippen LogP contribution in [0, 0.1) is 13.8 Å². The quantitative estimate of drug-likeness (QED) is 0.269. The van der Waals surface area contributed by atoms with E-state index in [1.165, 1.54) is 6.07 Å². The summed E-state index contributed by atoms with van der Waals surface area (Å²) in [5.41, 5.74) is 5.73. The van der Waals surface area contributed by atoms with E-state index >= 15 is 0 Å². The van der Waals surface area contributed by atoms with Crippen molar-refractivity contribution in [2.24, 2.45) is 5.10 Å². The Morgan fingerprint density at radius 1 is 0.938 bits per heavy atom. The first kappa shape index (κ1) is 21.4. The zero-order valence-corrected chi connectivity index (χ0v) is 18.5. The molecule has 0 spiro atoms. The normalized spacial score (nSPS) is 11.1. The molecule has 0 aliphatic rings. The number of aromatic carboxylic acids is 1. The lowest BCUT2D eigenvalue weighted by Crippen LogP contribution is -2.09. The van der Waals surface area contributed by atoms with Crippen LogP contribution in [0.5, 0.6) is 0 Å². The summed E-state index contributed by atoms with van der Waals surface area (Å²) in [5.74, 6) is -1.04. The van der Waals surface area contributed by atoms with Crippen LogP contribution in [-0.4, -0.2) is 21.9 Å². The zero-order valence-electron chi connectivity index (χ0n) is 17.7. The molecule has 3 aromatic carbocycles. The van der Waals surface area contributed by atoms with Crippen molar-refractivity contribution in [1.82, 2.24) is 4.57 Å². The fraction of sp³-hybridized carbons (Fsp3) is 0.0769. The van der Waals surface area contributed by atoms with Crippen LogP contribution in [0.2, 0.25) is 5.02 Å². The maximum Gasteiger partial charge on any atom is 0.337 e. The number of aromatic nitrogens is 1. The Labute approximate surface area is 191 Å². The first-order chi connectivity index (χ1) is 15.5. The minimum Gasteiger partial charge on any atom is -0.478 e. The van der Waals surface area contributed by atoms with Crippen molar-refractivity contribution < 1.29 is 9.90 Å². The number of benzene rings is 3. The van der Waals surface area contributed by atoms with Gasteiger partial charge < -0.3 is 9.67 Å². The fourth-order valence-corrected chi connectivity index (χ4v) is 3.93. The topological polar surface area (TPSA) is 57.8 Å². The third kappa shape index (κ3) is 4.29. The molecule has 1 aromatic heterocycles. The molecule has 1 heterocycles. The van der Waals surface area contributed by atoms with Crippen LogP contribution in [0.3, 0.4) is 0 Å². The maximum absolute atomic E-state index is 11.3. The van der Waals surface area contributed by atoms with Gasteiger partial charge in [0.25, 0.3) is 0 Å². The Morgan fingerprint density at radius 3 is 2.06 bits per heavy atom. The van der Waals surface area contributed by atoms with E-state index in [2.05, 4.69) is 0 Å². The Balaban J connectivity index is 1.72. The predicted octanol–water partition coefficient (Wildman–Crippen LogP) is 6.62. The highest BCUT2D eigenvalue weighted by Gasteiger charge is 2.14. The summed E-state index contributed by atoms with van der Waals surface area (Å²) in [4.78, 5) is 11.3. The number of anilines is 2. The number of hydrogen-bond donors (Lipinski definition) is 1. The Morgan fingerprint density at radius 2 is 1.53 bits per heavy atom. The van der Waals surface area contributed by atoms with Crippen LogP contribution in [-0.2, 0) is 0 Å². The molecule has 0 radical (unpaired) electrons. The molecule has 6 heteroatoms. The highest BCUT2D eigenvalue weighted by atomic mass is 35.5. The van der Waals surface area contributed by atoms with E-state index in [9.17, 15) is 9.90 Å². The molecule has 0 aliphatic heterocycles. The van der Waals surface area contributed by atoms with E-state index in [0.717, 1.165) is 34.0 Å². The molecule has 0 amide bonds. The lowest BCUT2D eigenvalue weighted by molar-refractivity contribution is 0.0697. The van der Waals surface area contributed by atoms with Gasteiger partial charge in [-0.25, -0.2) is 9.80 Å². The van der Waals surface area contributed by atoms with Crippen molar-refractivity contribution in [2.75, 3.05) is 5.01 Å². The molecule has 0 atom stereocenters. The number of rotatable bonds is 6. The van der Waals surface area contributed by atoms with Crippen LogP contribution in [0.1, 0.15) is 27.3 Å². The van der Waals surface area contributed by atoms with E-state index in [1.54, 1.807) is 12.1 Å². The molecule has 0 aliphatic carbocycles. The molecule has 0 saturated heterocycles. The minimum atomic E-state index is -1.04. The predicted molar refractivity (Wildman–Crippen MR) is 130 cm³/mol. The lowest BCUT2D eigenvalue weighted by atomic mass is 10.2. The van der Waals surface area contributed by atoms with Gasteiger partial charge in [0.15, 0.2) is 0 Å². The summed E-state index contributed by atoms with van der Waals surface area (Å²) in [6.07, 6.45) is 1.84. The molecule has 0 bridgehead atoms. The van der Waals surface area contributed by atoms with Crippen LogP contribution in [0.4, 0.5) is 11.4 Å². The summed E-state index contributed by atoms with van der Waals surface area (Å²) < 4.78 is 2.04. The second-order valence-electron chi connectivity index (χ2n) is 7.36. The lowest BCUT2D eigenvalue weighted by Gasteiger charge is -2.19. The molecule has 0 unspecified atom stereocenters. The summed E-state index contributed by atoms with van der Waals surface area (Å²) in [7, 11) is 0. The van der Waals surface area contributed by atoms with Crippen LogP contribution < -0.4 is 5.01 Å². The number of aryl methyl sites for hydroxylation is 1. The summed E-state index contributed by atoms with van der Waals surface area (Å²) in [6, 6.07) is 26.9. The van der Waals surface area contributed by atoms with E-state index in [1.807, 2.05) is 96.4 Å². The number of carbonyl (C=O) groups is 1. The number of para-hydroxylation sites is 2. The SMILES string of the molecule is Cc1cc(/C=N\N(c2ccccc2)c2ccccc2)c(C)n1-c1ccc(C(=O)O)c(Cl)c1. The van der Waals surface area contributed by atoms with Crippen molar-refractivity contribution in [3.05, 3.63) is 112 Å². The fourth-order valence-electron chi connectivity index (χ4n) is 3.67. The number of halogens is 1. The van der Waals surface area contributed by atoms with Gasteiger partial charge >= 0.3 is 5.97 Å². The third-order valence-corrected chi connectivity index (χ3v) is 5.54.